The highest BCUT2D eigenvalue weighted by Gasteiger charge is 2.38. The first-order valence-corrected chi connectivity index (χ1v) is 11.2. The van der Waals surface area contributed by atoms with Crippen molar-refractivity contribution >= 4 is 42.2 Å². The molecular weight excluding hydrogens is 465 g/mol. The molecule has 2 unspecified atom stereocenters. The van der Waals surface area contributed by atoms with E-state index in [1.165, 1.54) is 9.12 Å². The molecule has 0 bridgehead atoms. The van der Waals surface area contributed by atoms with Crippen molar-refractivity contribution < 1.29 is 14.3 Å². The lowest BCUT2D eigenvalue weighted by molar-refractivity contribution is -0.112. The Kier molecular flexibility index (Phi) is 6.24. The summed E-state index contributed by atoms with van der Waals surface area (Å²) in [6.07, 6.45) is 5.21. The number of allylic oxidation sites excluding steroid dienone is 2. The molecule has 0 saturated heterocycles. The van der Waals surface area contributed by atoms with E-state index in [1.807, 2.05) is 29.5 Å². The van der Waals surface area contributed by atoms with Gasteiger partial charge in [0, 0.05) is 41.9 Å². The first-order chi connectivity index (χ1) is 12.1. The van der Waals surface area contributed by atoms with Crippen LogP contribution in [-0.4, -0.2) is 27.8 Å². The first-order valence-electron chi connectivity index (χ1n) is 7.91. The SMILES string of the molecule is C=C(C#N)C(=O)C1=CC2C=C(C)C(NC(=O)OC(C)(C)C)=CC2N1SI. The third kappa shape index (κ3) is 4.51. The molecule has 0 aromatic heterocycles. The molecule has 1 amide bonds. The Morgan fingerprint density at radius 2 is 2.04 bits per heavy atom. The van der Waals surface area contributed by atoms with Gasteiger partial charge >= 0.3 is 6.09 Å². The van der Waals surface area contributed by atoms with Gasteiger partial charge in [-0.25, -0.2) is 4.79 Å². The minimum atomic E-state index is -0.588. The lowest BCUT2D eigenvalue weighted by Gasteiger charge is -2.30. The Balaban J connectivity index is 2.25. The van der Waals surface area contributed by atoms with Crippen LogP contribution in [0.25, 0.3) is 0 Å². The lowest BCUT2D eigenvalue weighted by atomic mass is 9.92. The highest BCUT2D eigenvalue weighted by Crippen LogP contribution is 2.42. The van der Waals surface area contributed by atoms with Crippen LogP contribution in [0.3, 0.4) is 0 Å². The van der Waals surface area contributed by atoms with E-state index >= 15 is 0 Å². The maximum Gasteiger partial charge on any atom is 0.412 e. The third-order valence-corrected chi connectivity index (χ3v) is 5.67. The molecule has 2 atom stereocenters. The van der Waals surface area contributed by atoms with E-state index in [4.69, 9.17) is 10.00 Å². The molecule has 0 fully saturated rings. The van der Waals surface area contributed by atoms with Gasteiger partial charge in [0.05, 0.1) is 17.3 Å². The summed E-state index contributed by atoms with van der Waals surface area (Å²) in [6.45, 7) is 10.8. The second kappa shape index (κ2) is 7.88. The Labute approximate surface area is 169 Å². The average Bonchev–Trinajstić information content (AvgIpc) is 2.89. The molecule has 1 aliphatic carbocycles. The van der Waals surface area contributed by atoms with Crippen molar-refractivity contribution in [2.45, 2.75) is 39.3 Å². The van der Waals surface area contributed by atoms with Crippen LogP contribution in [0.4, 0.5) is 4.79 Å². The number of hydrogen-bond donors (Lipinski definition) is 1. The number of Topliss-reactive ketones (excluding diaryl/α,β-unsaturated/α-hetero) is 1. The van der Waals surface area contributed by atoms with Crippen LogP contribution < -0.4 is 5.32 Å². The summed E-state index contributed by atoms with van der Waals surface area (Å²) < 4.78 is 7.13. The van der Waals surface area contributed by atoms with Crippen molar-refractivity contribution in [3.8, 4) is 6.07 Å². The molecule has 1 aliphatic heterocycles. The number of nitriles is 1. The highest BCUT2D eigenvalue weighted by atomic mass is 127. The van der Waals surface area contributed by atoms with Gasteiger partial charge in [0.1, 0.15) is 11.7 Å². The fourth-order valence-electron chi connectivity index (χ4n) is 2.70. The van der Waals surface area contributed by atoms with Crippen LogP contribution in [0, 0.1) is 17.2 Å². The largest absolute Gasteiger partial charge is 0.444 e. The van der Waals surface area contributed by atoms with E-state index in [0.717, 1.165) is 5.57 Å². The number of nitrogens with one attached hydrogen (secondary N) is 1. The summed E-state index contributed by atoms with van der Waals surface area (Å²) in [6, 6.07) is 1.66. The Morgan fingerprint density at radius 3 is 2.58 bits per heavy atom. The van der Waals surface area contributed by atoms with Gasteiger partial charge < -0.3 is 4.74 Å². The zero-order chi connectivity index (χ0) is 19.6. The number of carbonyl (C=O) groups is 2. The van der Waals surface area contributed by atoms with E-state index in [0.29, 0.717) is 11.4 Å². The number of hydrogen-bond acceptors (Lipinski definition) is 6. The fraction of sp³-hybridized carbons (Fsp3) is 0.389. The van der Waals surface area contributed by atoms with Gasteiger partial charge in [-0.15, -0.1) is 0 Å². The van der Waals surface area contributed by atoms with Crippen molar-refractivity contribution in [1.82, 2.24) is 9.62 Å². The van der Waals surface area contributed by atoms with Crippen molar-refractivity contribution in [2.75, 3.05) is 0 Å². The van der Waals surface area contributed by atoms with Crippen LogP contribution in [0.1, 0.15) is 27.7 Å². The van der Waals surface area contributed by atoms with Gasteiger partial charge in [-0.3, -0.25) is 14.4 Å². The number of ketones is 1. The molecule has 1 N–H and O–H groups in total. The van der Waals surface area contributed by atoms with Crippen molar-refractivity contribution in [1.29, 1.82) is 5.26 Å². The summed E-state index contributed by atoms with van der Waals surface area (Å²) >= 11 is 2.09. The first kappa shape index (κ1) is 20.6. The van der Waals surface area contributed by atoms with Gasteiger partial charge in [-0.2, -0.15) is 5.26 Å². The maximum atomic E-state index is 12.4. The molecule has 26 heavy (non-hydrogen) atoms. The number of fused-ring (bicyclic) bond motifs is 1. The fourth-order valence-corrected chi connectivity index (χ4v) is 4.63. The number of rotatable bonds is 4. The van der Waals surface area contributed by atoms with Crippen LogP contribution in [-0.2, 0) is 9.53 Å². The molecule has 6 nitrogen and oxygen atoms in total. The van der Waals surface area contributed by atoms with E-state index in [1.54, 1.807) is 26.8 Å². The normalized spacial score (nSPS) is 21.7. The number of ether oxygens (including phenoxy) is 1. The second-order valence-electron chi connectivity index (χ2n) is 6.99. The minimum absolute atomic E-state index is 0.0214. The van der Waals surface area contributed by atoms with Gasteiger partial charge in [-0.05, 0) is 45.4 Å². The van der Waals surface area contributed by atoms with Crippen LogP contribution in [0.5, 0.6) is 0 Å². The molecule has 0 aromatic carbocycles. The summed E-state index contributed by atoms with van der Waals surface area (Å²) in [5.41, 5.74) is 1.29. The number of nitrogens with zero attached hydrogens (tertiary/aromatic N) is 2. The van der Waals surface area contributed by atoms with Crippen LogP contribution in [0.15, 0.2) is 47.3 Å². The van der Waals surface area contributed by atoms with Crippen LogP contribution >= 0.6 is 30.3 Å². The smallest absolute Gasteiger partial charge is 0.412 e. The average molecular weight is 485 g/mol. The number of amides is 1. The monoisotopic (exact) mass is 485 g/mol. The Hall–Kier alpha value is -1.73. The molecule has 0 saturated carbocycles. The van der Waals surface area contributed by atoms with E-state index in [2.05, 4.69) is 33.1 Å². The lowest BCUT2D eigenvalue weighted by Crippen LogP contribution is -2.36. The predicted octanol–water partition coefficient (Wildman–Crippen LogP) is 4.19. The van der Waals surface area contributed by atoms with Gasteiger partial charge in [0.2, 0.25) is 5.78 Å². The molecule has 8 heteroatoms. The molecule has 0 spiro atoms. The van der Waals surface area contributed by atoms with Crippen molar-refractivity contribution in [3.63, 3.8) is 0 Å². The van der Waals surface area contributed by atoms with Crippen molar-refractivity contribution in [2.24, 2.45) is 5.92 Å². The quantitative estimate of drug-likeness (QED) is 0.279. The zero-order valence-electron chi connectivity index (χ0n) is 15.0. The van der Waals surface area contributed by atoms with Gasteiger partial charge in [-0.1, -0.05) is 12.7 Å². The molecule has 1 heterocycles. The topological polar surface area (TPSA) is 82.4 Å². The van der Waals surface area contributed by atoms with Crippen molar-refractivity contribution in [3.05, 3.63) is 47.3 Å². The van der Waals surface area contributed by atoms with E-state index in [9.17, 15) is 9.59 Å². The summed E-state index contributed by atoms with van der Waals surface area (Å²) in [5, 5.41) is 11.7. The molecule has 2 aliphatic rings. The number of halogens is 1. The molecular formula is C18H20IN3O3S. The second-order valence-corrected chi connectivity index (χ2v) is 8.70. The number of alkyl carbamates (subject to hydrolysis) is 1. The van der Waals surface area contributed by atoms with E-state index < -0.39 is 11.7 Å². The Morgan fingerprint density at radius 1 is 1.38 bits per heavy atom. The van der Waals surface area contributed by atoms with E-state index in [-0.39, 0.29) is 23.3 Å². The third-order valence-electron chi connectivity index (χ3n) is 3.81. The minimum Gasteiger partial charge on any atom is -0.444 e. The summed E-state index contributed by atoms with van der Waals surface area (Å²) in [5.74, 6) is -0.404. The summed E-state index contributed by atoms with van der Waals surface area (Å²) in [4.78, 5) is 24.5. The standard InChI is InChI=1S/C18H20IN3O3S/c1-10-6-12-7-15(16(23)11(2)9-20)22(26-19)14(12)8-13(10)21-17(24)25-18(3,4)5/h6-8,12,14H,2H2,1,3-5H3,(H,21,24). The van der Waals surface area contributed by atoms with Gasteiger partial charge in [0.15, 0.2) is 0 Å². The Bertz CT molecular complexity index is 786. The van der Waals surface area contributed by atoms with Crippen LogP contribution in [0.2, 0.25) is 0 Å². The number of carbonyl (C=O) groups excluding carboxylic acids is 2. The predicted molar refractivity (Wildman–Crippen MR) is 110 cm³/mol. The molecule has 2 rings (SSSR count). The zero-order valence-corrected chi connectivity index (χ0v) is 18.0. The molecule has 0 radical (unpaired) electrons. The van der Waals surface area contributed by atoms with Gasteiger partial charge in [0.25, 0.3) is 0 Å². The highest BCUT2D eigenvalue weighted by molar-refractivity contribution is 14.2. The summed E-state index contributed by atoms with van der Waals surface area (Å²) in [7, 11) is 1.36. The maximum absolute atomic E-state index is 12.4. The molecule has 0 aromatic rings. The molecule has 138 valence electrons.